The molecule has 2 amide bonds. The van der Waals surface area contributed by atoms with Crippen LogP contribution in [0.2, 0.25) is 5.02 Å². The molecule has 22 heavy (non-hydrogen) atoms. The third kappa shape index (κ3) is 4.32. The fraction of sp³-hybridized carbons (Fsp3) is 0.133. The van der Waals surface area contributed by atoms with Crippen molar-refractivity contribution in [3.63, 3.8) is 0 Å². The van der Waals surface area contributed by atoms with Crippen LogP contribution in [0, 0.1) is 11.3 Å². The molecule has 2 aromatic rings. The van der Waals surface area contributed by atoms with Crippen molar-refractivity contribution in [2.75, 3.05) is 11.9 Å². The van der Waals surface area contributed by atoms with E-state index in [2.05, 4.69) is 10.6 Å². The zero-order valence-corrected chi connectivity index (χ0v) is 13.0. The molecule has 0 fully saturated rings. The van der Waals surface area contributed by atoms with E-state index in [-0.39, 0.29) is 11.3 Å². The minimum Gasteiger partial charge on any atom is -0.347 e. The molecule has 0 saturated carbocycles. The molecule has 1 aromatic carbocycles. The lowest BCUT2D eigenvalue weighted by Crippen LogP contribution is -2.36. The minimum absolute atomic E-state index is 0.216. The molecule has 0 radical (unpaired) electrons. The highest BCUT2D eigenvalue weighted by atomic mass is 35.5. The van der Waals surface area contributed by atoms with E-state index < -0.39 is 11.8 Å². The summed E-state index contributed by atoms with van der Waals surface area (Å²) in [6, 6.07) is 8.33. The van der Waals surface area contributed by atoms with Crippen LogP contribution >= 0.6 is 22.9 Å². The van der Waals surface area contributed by atoms with Gasteiger partial charge in [0.25, 0.3) is 0 Å². The van der Waals surface area contributed by atoms with E-state index in [0.29, 0.717) is 18.0 Å². The molecule has 2 rings (SSSR count). The van der Waals surface area contributed by atoms with Crippen molar-refractivity contribution in [2.24, 2.45) is 0 Å². The van der Waals surface area contributed by atoms with Gasteiger partial charge in [0.15, 0.2) is 0 Å². The molecular weight excluding hydrogens is 322 g/mol. The Morgan fingerprint density at radius 3 is 2.77 bits per heavy atom. The first-order valence-corrected chi connectivity index (χ1v) is 7.72. The number of nitrogens with zero attached hydrogens (tertiary/aromatic N) is 1. The number of hydrogen-bond donors (Lipinski definition) is 2. The predicted octanol–water partition coefficient (Wildman–Crippen LogP) is 2.57. The molecule has 0 aliphatic heterocycles. The Hall–Kier alpha value is -2.36. The van der Waals surface area contributed by atoms with Gasteiger partial charge in [-0.2, -0.15) is 16.6 Å². The molecule has 0 aliphatic carbocycles. The number of thiophene rings is 1. The average molecular weight is 334 g/mol. The fourth-order valence-electron chi connectivity index (χ4n) is 1.73. The first kappa shape index (κ1) is 16.0. The van der Waals surface area contributed by atoms with Gasteiger partial charge in [0.1, 0.15) is 6.07 Å². The molecular formula is C15H12ClN3O2S. The second kappa shape index (κ2) is 7.59. The van der Waals surface area contributed by atoms with E-state index in [0.717, 1.165) is 5.56 Å². The standard InChI is InChI=1S/C15H12ClN3O2S/c16-12-2-1-11(8-17)13(7-12)19-15(21)14(20)18-5-3-10-4-6-22-9-10/h1-2,4,6-7,9H,3,5H2,(H,18,20)(H,19,21). The molecule has 5 nitrogen and oxygen atoms in total. The Bertz CT molecular complexity index is 723. The maximum atomic E-state index is 11.8. The Morgan fingerprint density at radius 1 is 1.27 bits per heavy atom. The van der Waals surface area contributed by atoms with Crippen molar-refractivity contribution < 1.29 is 9.59 Å². The molecule has 0 aliphatic rings. The van der Waals surface area contributed by atoms with Crippen LogP contribution in [-0.2, 0) is 16.0 Å². The fourth-order valence-corrected chi connectivity index (χ4v) is 2.61. The number of carbonyl (C=O) groups excluding carboxylic acids is 2. The monoisotopic (exact) mass is 333 g/mol. The number of anilines is 1. The minimum atomic E-state index is -0.830. The van der Waals surface area contributed by atoms with E-state index >= 15 is 0 Å². The number of nitrogens with one attached hydrogen (secondary N) is 2. The van der Waals surface area contributed by atoms with E-state index in [9.17, 15) is 9.59 Å². The van der Waals surface area contributed by atoms with Gasteiger partial charge in [0.05, 0.1) is 11.3 Å². The molecule has 1 heterocycles. The van der Waals surface area contributed by atoms with E-state index in [1.54, 1.807) is 11.3 Å². The summed E-state index contributed by atoms with van der Waals surface area (Å²) in [6.45, 7) is 0.365. The SMILES string of the molecule is N#Cc1ccc(Cl)cc1NC(=O)C(=O)NCCc1ccsc1. The van der Waals surface area contributed by atoms with Gasteiger partial charge >= 0.3 is 11.8 Å². The number of halogens is 1. The second-order valence-electron chi connectivity index (χ2n) is 4.39. The van der Waals surface area contributed by atoms with Crippen molar-refractivity contribution in [3.8, 4) is 6.07 Å². The van der Waals surface area contributed by atoms with Crippen molar-refractivity contribution in [2.45, 2.75) is 6.42 Å². The number of rotatable bonds is 4. The number of hydrogen-bond acceptors (Lipinski definition) is 4. The third-order valence-electron chi connectivity index (χ3n) is 2.84. The van der Waals surface area contributed by atoms with Crippen molar-refractivity contribution in [1.82, 2.24) is 5.32 Å². The lowest BCUT2D eigenvalue weighted by molar-refractivity contribution is -0.136. The van der Waals surface area contributed by atoms with Crippen LogP contribution in [0.5, 0.6) is 0 Å². The largest absolute Gasteiger partial charge is 0.347 e. The summed E-state index contributed by atoms with van der Waals surface area (Å²) in [7, 11) is 0. The first-order chi connectivity index (χ1) is 10.6. The third-order valence-corrected chi connectivity index (χ3v) is 3.80. The van der Waals surface area contributed by atoms with Gasteiger partial charge < -0.3 is 10.6 Å². The summed E-state index contributed by atoms with van der Waals surface area (Å²) in [5, 5.41) is 18.2. The molecule has 2 N–H and O–H groups in total. The van der Waals surface area contributed by atoms with Gasteiger partial charge in [-0.05, 0) is 47.0 Å². The smallest absolute Gasteiger partial charge is 0.313 e. The van der Waals surface area contributed by atoms with Gasteiger partial charge in [-0.25, -0.2) is 0 Å². The summed E-state index contributed by atoms with van der Waals surface area (Å²) in [6.07, 6.45) is 0.656. The van der Waals surface area contributed by atoms with Gasteiger partial charge in [-0.1, -0.05) is 11.6 Å². The van der Waals surface area contributed by atoms with Crippen molar-refractivity contribution in [3.05, 3.63) is 51.2 Å². The highest BCUT2D eigenvalue weighted by molar-refractivity contribution is 7.07. The summed E-state index contributed by atoms with van der Waals surface area (Å²) in [5.74, 6) is -1.58. The maximum absolute atomic E-state index is 11.8. The highest BCUT2D eigenvalue weighted by Gasteiger charge is 2.15. The van der Waals surface area contributed by atoms with Gasteiger partial charge in [-0.15, -0.1) is 0 Å². The van der Waals surface area contributed by atoms with Crippen molar-refractivity contribution in [1.29, 1.82) is 5.26 Å². The predicted molar refractivity (Wildman–Crippen MR) is 85.8 cm³/mol. The van der Waals surface area contributed by atoms with Crippen LogP contribution in [0.3, 0.4) is 0 Å². The number of amides is 2. The molecule has 0 saturated heterocycles. The Morgan fingerprint density at radius 2 is 2.09 bits per heavy atom. The van der Waals surface area contributed by atoms with E-state index in [1.807, 2.05) is 22.9 Å². The normalized spacial score (nSPS) is 9.82. The second-order valence-corrected chi connectivity index (χ2v) is 5.61. The van der Waals surface area contributed by atoms with Gasteiger partial charge in [-0.3, -0.25) is 9.59 Å². The van der Waals surface area contributed by atoms with Crippen molar-refractivity contribution >= 4 is 40.4 Å². The van der Waals surface area contributed by atoms with Gasteiger partial charge in [0, 0.05) is 11.6 Å². The quantitative estimate of drug-likeness (QED) is 0.844. The van der Waals surface area contributed by atoms with Crippen LogP contribution in [0.15, 0.2) is 35.0 Å². The molecule has 0 atom stereocenters. The lowest BCUT2D eigenvalue weighted by Gasteiger charge is -2.08. The van der Waals surface area contributed by atoms with Crippen LogP contribution in [-0.4, -0.2) is 18.4 Å². The molecule has 0 unspecified atom stereocenters. The molecule has 0 bridgehead atoms. The zero-order valence-electron chi connectivity index (χ0n) is 11.4. The number of benzene rings is 1. The average Bonchev–Trinajstić information content (AvgIpc) is 3.00. The van der Waals surface area contributed by atoms with Crippen LogP contribution in [0.25, 0.3) is 0 Å². The summed E-state index contributed by atoms with van der Waals surface area (Å²) < 4.78 is 0. The first-order valence-electron chi connectivity index (χ1n) is 6.40. The van der Waals surface area contributed by atoms with E-state index in [1.165, 1.54) is 18.2 Å². The molecule has 7 heteroatoms. The number of nitriles is 1. The lowest BCUT2D eigenvalue weighted by atomic mass is 10.2. The highest BCUT2D eigenvalue weighted by Crippen LogP contribution is 2.20. The van der Waals surface area contributed by atoms with Crippen LogP contribution < -0.4 is 10.6 Å². The van der Waals surface area contributed by atoms with Crippen LogP contribution in [0.4, 0.5) is 5.69 Å². The molecule has 112 valence electrons. The Labute approximate surface area is 136 Å². The van der Waals surface area contributed by atoms with Gasteiger partial charge in [0.2, 0.25) is 0 Å². The summed E-state index contributed by atoms with van der Waals surface area (Å²) in [5.41, 5.74) is 1.56. The molecule has 0 spiro atoms. The summed E-state index contributed by atoms with van der Waals surface area (Å²) >= 11 is 7.39. The molecule has 1 aromatic heterocycles. The van der Waals surface area contributed by atoms with Crippen LogP contribution in [0.1, 0.15) is 11.1 Å². The summed E-state index contributed by atoms with van der Waals surface area (Å²) in [4.78, 5) is 23.5. The Balaban J connectivity index is 1.90. The maximum Gasteiger partial charge on any atom is 0.313 e. The zero-order chi connectivity index (χ0) is 15.9. The Kier molecular flexibility index (Phi) is 5.53. The van der Waals surface area contributed by atoms with E-state index in [4.69, 9.17) is 16.9 Å². The number of carbonyl (C=O) groups is 2. The topological polar surface area (TPSA) is 82.0 Å².